The van der Waals surface area contributed by atoms with Gasteiger partial charge in [0.05, 0.1) is 17.4 Å². The van der Waals surface area contributed by atoms with Crippen molar-refractivity contribution < 1.29 is 8.42 Å². The summed E-state index contributed by atoms with van der Waals surface area (Å²) in [5.74, 6) is -0.0646. The molecule has 0 fully saturated rings. The van der Waals surface area contributed by atoms with Crippen LogP contribution in [0.2, 0.25) is 0 Å². The van der Waals surface area contributed by atoms with Gasteiger partial charge >= 0.3 is 0 Å². The number of hydrogen-bond donors (Lipinski definition) is 2. The van der Waals surface area contributed by atoms with Gasteiger partial charge in [-0.2, -0.15) is 5.26 Å². The van der Waals surface area contributed by atoms with E-state index in [0.717, 1.165) is 6.54 Å². The molecule has 0 aliphatic carbocycles. The highest BCUT2D eigenvalue weighted by molar-refractivity contribution is 7.88. The van der Waals surface area contributed by atoms with Crippen LogP contribution in [0.1, 0.15) is 18.1 Å². The molecule has 1 rings (SSSR count). The first-order valence-electron chi connectivity index (χ1n) is 5.74. The van der Waals surface area contributed by atoms with E-state index in [1.54, 1.807) is 24.3 Å². The lowest BCUT2D eigenvalue weighted by molar-refractivity contribution is 0.576. The minimum Gasteiger partial charge on any atom is -0.316 e. The second-order valence-corrected chi connectivity index (χ2v) is 5.62. The zero-order valence-electron chi connectivity index (χ0n) is 10.3. The molecule has 0 unspecified atom stereocenters. The van der Waals surface area contributed by atoms with Gasteiger partial charge in [-0.05, 0) is 24.2 Å². The van der Waals surface area contributed by atoms with Gasteiger partial charge in [-0.15, -0.1) is 0 Å². The standard InChI is InChI=1S/C12H17N3O2S/c1-2-14-7-8-15-18(16,17)10-12-5-3-11(9-13)4-6-12/h3-6,14-15H,2,7-8,10H2,1H3. The SMILES string of the molecule is CCNCCNS(=O)(=O)Cc1ccc(C#N)cc1. The van der Waals surface area contributed by atoms with E-state index in [0.29, 0.717) is 24.2 Å². The monoisotopic (exact) mass is 267 g/mol. The first-order chi connectivity index (χ1) is 8.57. The molecule has 1 aromatic rings. The average molecular weight is 267 g/mol. The Kier molecular flexibility index (Phi) is 5.78. The minimum atomic E-state index is -3.31. The van der Waals surface area contributed by atoms with Crippen LogP contribution in [0.3, 0.4) is 0 Å². The fourth-order valence-electron chi connectivity index (χ4n) is 1.42. The van der Waals surface area contributed by atoms with E-state index in [1.165, 1.54) is 0 Å². The van der Waals surface area contributed by atoms with Crippen molar-refractivity contribution in [3.63, 3.8) is 0 Å². The first-order valence-corrected chi connectivity index (χ1v) is 7.39. The molecule has 0 heterocycles. The van der Waals surface area contributed by atoms with Crippen molar-refractivity contribution in [1.82, 2.24) is 10.0 Å². The molecule has 0 aliphatic heterocycles. The van der Waals surface area contributed by atoms with Gasteiger partial charge in [-0.1, -0.05) is 19.1 Å². The number of nitrogens with zero attached hydrogens (tertiary/aromatic N) is 1. The molecule has 0 aromatic heterocycles. The molecule has 1 aromatic carbocycles. The summed E-state index contributed by atoms with van der Waals surface area (Å²) < 4.78 is 25.9. The van der Waals surface area contributed by atoms with E-state index >= 15 is 0 Å². The molecule has 5 nitrogen and oxygen atoms in total. The van der Waals surface area contributed by atoms with Gasteiger partial charge in [-0.25, -0.2) is 13.1 Å². The molecular formula is C12H17N3O2S. The molecule has 0 spiro atoms. The Labute approximate surface area is 108 Å². The number of sulfonamides is 1. The molecule has 6 heteroatoms. The number of hydrogen-bond acceptors (Lipinski definition) is 4. The average Bonchev–Trinajstić information content (AvgIpc) is 2.35. The highest BCUT2D eigenvalue weighted by Gasteiger charge is 2.10. The van der Waals surface area contributed by atoms with Crippen LogP contribution in [0, 0.1) is 11.3 Å². The highest BCUT2D eigenvalue weighted by Crippen LogP contribution is 2.06. The van der Waals surface area contributed by atoms with E-state index in [1.807, 2.05) is 13.0 Å². The molecule has 0 saturated heterocycles. The second-order valence-electron chi connectivity index (χ2n) is 3.82. The van der Waals surface area contributed by atoms with Crippen molar-refractivity contribution >= 4 is 10.0 Å². The third-order valence-electron chi connectivity index (χ3n) is 2.31. The maximum absolute atomic E-state index is 11.7. The largest absolute Gasteiger partial charge is 0.316 e. The van der Waals surface area contributed by atoms with Crippen LogP contribution in [0.5, 0.6) is 0 Å². The van der Waals surface area contributed by atoms with Gasteiger partial charge < -0.3 is 5.32 Å². The Bertz CT molecular complexity index is 503. The van der Waals surface area contributed by atoms with E-state index in [4.69, 9.17) is 5.26 Å². The van der Waals surface area contributed by atoms with Crippen LogP contribution < -0.4 is 10.0 Å². The van der Waals surface area contributed by atoms with Gasteiger partial charge in [0.1, 0.15) is 0 Å². The molecule has 98 valence electrons. The molecule has 0 atom stereocenters. The summed E-state index contributed by atoms with van der Waals surface area (Å²) in [5, 5.41) is 11.7. The molecule has 18 heavy (non-hydrogen) atoms. The highest BCUT2D eigenvalue weighted by atomic mass is 32.2. The Hall–Kier alpha value is -1.42. The number of likely N-dealkylation sites (N-methyl/N-ethyl adjacent to an activating group) is 1. The van der Waals surface area contributed by atoms with Gasteiger partial charge in [0.15, 0.2) is 0 Å². The molecular weight excluding hydrogens is 250 g/mol. The Morgan fingerprint density at radius 1 is 1.22 bits per heavy atom. The normalized spacial score (nSPS) is 11.1. The van der Waals surface area contributed by atoms with E-state index in [2.05, 4.69) is 10.0 Å². The Morgan fingerprint density at radius 3 is 2.44 bits per heavy atom. The van der Waals surface area contributed by atoms with Crippen LogP contribution in [0.4, 0.5) is 0 Å². The quantitative estimate of drug-likeness (QED) is 0.708. The van der Waals surface area contributed by atoms with Crippen LogP contribution in [-0.2, 0) is 15.8 Å². The van der Waals surface area contributed by atoms with E-state index in [-0.39, 0.29) is 5.75 Å². The Balaban J connectivity index is 2.51. The van der Waals surface area contributed by atoms with Crippen molar-refractivity contribution in [2.45, 2.75) is 12.7 Å². The maximum Gasteiger partial charge on any atom is 0.215 e. The number of nitriles is 1. The summed E-state index contributed by atoms with van der Waals surface area (Å²) in [4.78, 5) is 0. The summed E-state index contributed by atoms with van der Waals surface area (Å²) in [7, 11) is -3.31. The zero-order chi connectivity index (χ0) is 13.4. The molecule has 2 N–H and O–H groups in total. The van der Waals surface area contributed by atoms with Gasteiger partial charge in [-0.3, -0.25) is 0 Å². The lowest BCUT2D eigenvalue weighted by atomic mass is 10.2. The summed E-state index contributed by atoms with van der Waals surface area (Å²) in [6, 6.07) is 8.53. The summed E-state index contributed by atoms with van der Waals surface area (Å²) in [5.41, 5.74) is 1.20. The van der Waals surface area contributed by atoms with Gasteiger partial charge in [0, 0.05) is 13.1 Å². The van der Waals surface area contributed by atoms with Crippen molar-refractivity contribution in [2.75, 3.05) is 19.6 Å². The van der Waals surface area contributed by atoms with Crippen molar-refractivity contribution in [3.05, 3.63) is 35.4 Å². The first kappa shape index (κ1) is 14.6. The molecule has 0 amide bonds. The maximum atomic E-state index is 11.7. The van der Waals surface area contributed by atoms with Crippen molar-refractivity contribution in [2.24, 2.45) is 0 Å². The predicted molar refractivity (Wildman–Crippen MR) is 70.3 cm³/mol. The summed E-state index contributed by atoms with van der Waals surface area (Å²) in [6.45, 7) is 3.78. The second kappa shape index (κ2) is 7.11. The summed E-state index contributed by atoms with van der Waals surface area (Å²) in [6.07, 6.45) is 0. The lowest BCUT2D eigenvalue weighted by Gasteiger charge is -2.07. The van der Waals surface area contributed by atoms with Crippen molar-refractivity contribution in [1.29, 1.82) is 5.26 Å². The Morgan fingerprint density at radius 2 is 1.89 bits per heavy atom. The summed E-state index contributed by atoms with van der Waals surface area (Å²) >= 11 is 0. The lowest BCUT2D eigenvalue weighted by Crippen LogP contribution is -2.32. The predicted octanol–water partition coefficient (Wildman–Crippen LogP) is 0.587. The van der Waals surface area contributed by atoms with Gasteiger partial charge in [0.25, 0.3) is 0 Å². The van der Waals surface area contributed by atoms with Crippen LogP contribution in [0.25, 0.3) is 0 Å². The third kappa shape index (κ3) is 5.27. The topological polar surface area (TPSA) is 82.0 Å². The van der Waals surface area contributed by atoms with Gasteiger partial charge in [0.2, 0.25) is 10.0 Å². The molecule has 0 saturated carbocycles. The third-order valence-corrected chi connectivity index (χ3v) is 3.67. The number of benzene rings is 1. The molecule has 0 radical (unpaired) electrons. The number of rotatable bonds is 7. The molecule has 0 bridgehead atoms. The molecule has 0 aliphatic rings. The smallest absolute Gasteiger partial charge is 0.215 e. The van der Waals surface area contributed by atoms with Crippen LogP contribution in [-0.4, -0.2) is 28.1 Å². The van der Waals surface area contributed by atoms with Crippen LogP contribution in [0.15, 0.2) is 24.3 Å². The minimum absolute atomic E-state index is 0.0646. The fourth-order valence-corrected chi connectivity index (χ4v) is 2.56. The fraction of sp³-hybridized carbons (Fsp3) is 0.417. The van der Waals surface area contributed by atoms with E-state index < -0.39 is 10.0 Å². The van der Waals surface area contributed by atoms with Crippen LogP contribution >= 0.6 is 0 Å². The van der Waals surface area contributed by atoms with Crippen molar-refractivity contribution in [3.8, 4) is 6.07 Å². The number of nitrogens with one attached hydrogen (secondary N) is 2. The van der Waals surface area contributed by atoms with E-state index in [9.17, 15) is 8.42 Å². The zero-order valence-corrected chi connectivity index (χ0v) is 11.1.